The van der Waals surface area contributed by atoms with Gasteiger partial charge in [0.05, 0.1) is 17.5 Å². The van der Waals surface area contributed by atoms with Crippen molar-refractivity contribution in [2.45, 2.75) is 24.7 Å². The van der Waals surface area contributed by atoms with Crippen molar-refractivity contribution in [3.8, 4) is 0 Å². The predicted molar refractivity (Wildman–Crippen MR) is 113 cm³/mol. The fourth-order valence-corrected chi connectivity index (χ4v) is 6.02. The average molecular weight is 478 g/mol. The van der Waals surface area contributed by atoms with E-state index in [9.17, 15) is 18.0 Å². The molecule has 0 unspecified atom stereocenters. The maximum atomic E-state index is 13.1. The molecule has 1 atom stereocenters. The molecule has 11 heteroatoms. The number of carbonyl (C=O) groups is 2. The Balaban J connectivity index is 1.65. The molecule has 2 amide bonds. The van der Waals surface area contributed by atoms with Crippen molar-refractivity contribution in [2.24, 2.45) is 5.92 Å². The van der Waals surface area contributed by atoms with Gasteiger partial charge >= 0.3 is 6.09 Å². The molecule has 0 aliphatic carbocycles. The van der Waals surface area contributed by atoms with Gasteiger partial charge in [0.1, 0.15) is 4.90 Å². The quantitative estimate of drug-likeness (QED) is 0.664. The van der Waals surface area contributed by atoms with Gasteiger partial charge in [0.25, 0.3) is 0 Å². The van der Waals surface area contributed by atoms with Crippen molar-refractivity contribution in [3.63, 3.8) is 0 Å². The zero-order valence-corrected chi connectivity index (χ0v) is 19.0. The van der Waals surface area contributed by atoms with Crippen molar-refractivity contribution in [2.75, 3.05) is 45.9 Å². The molecule has 0 aromatic heterocycles. The molecule has 30 heavy (non-hydrogen) atoms. The van der Waals surface area contributed by atoms with Crippen LogP contribution in [0.2, 0.25) is 10.0 Å². The average Bonchev–Trinajstić information content (AvgIpc) is 2.75. The van der Waals surface area contributed by atoms with Crippen LogP contribution in [-0.2, 0) is 19.6 Å². The highest BCUT2D eigenvalue weighted by atomic mass is 35.5. The van der Waals surface area contributed by atoms with Crippen LogP contribution >= 0.6 is 23.2 Å². The molecule has 2 aliphatic rings. The van der Waals surface area contributed by atoms with E-state index < -0.39 is 15.9 Å². The Kier molecular flexibility index (Phi) is 7.49. The molecular formula is C19H25Cl2N3O5S. The maximum absolute atomic E-state index is 13.1. The maximum Gasteiger partial charge on any atom is 0.409 e. The Labute approximate surface area is 186 Å². The summed E-state index contributed by atoms with van der Waals surface area (Å²) in [6, 6.07) is 4.31. The molecule has 1 aromatic rings. The minimum atomic E-state index is -3.86. The highest BCUT2D eigenvalue weighted by molar-refractivity contribution is 7.89. The lowest BCUT2D eigenvalue weighted by molar-refractivity contribution is -0.138. The summed E-state index contributed by atoms with van der Waals surface area (Å²) in [5.74, 6) is -0.517. The number of sulfonamides is 1. The van der Waals surface area contributed by atoms with Crippen molar-refractivity contribution >= 4 is 45.2 Å². The first-order chi connectivity index (χ1) is 14.2. The van der Waals surface area contributed by atoms with Crippen LogP contribution in [0.25, 0.3) is 0 Å². The highest BCUT2D eigenvalue weighted by Gasteiger charge is 2.37. The highest BCUT2D eigenvalue weighted by Crippen LogP contribution is 2.31. The number of amides is 2. The molecule has 2 aliphatic heterocycles. The lowest BCUT2D eigenvalue weighted by Gasteiger charge is -2.38. The van der Waals surface area contributed by atoms with Crippen LogP contribution in [0.15, 0.2) is 23.1 Å². The minimum Gasteiger partial charge on any atom is -0.450 e. The van der Waals surface area contributed by atoms with Gasteiger partial charge in [-0.3, -0.25) is 4.79 Å². The lowest BCUT2D eigenvalue weighted by Crippen LogP contribution is -2.54. The Bertz CT molecular complexity index is 903. The SMILES string of the molecule is CCOC(=O)N1CCN(C(=O)[C@H]2CCCN(S(=O)(=O)c3cc(Cl)ccc3Cl)C2)CC1. The van der Waals surface area contributed by atoms with Gasteiger partial charge in [-0.05, 0) is 38.0 Å². The molecule has 0 radical (unpaired) electrons. The number of piperidine rings is 1. The van der Waals surface area contributed by atoms with E-state index in [0.717, 1.165) is 0 Å². The van der Waals surface area contributed by atoms with Gasteiger partial charge in [0.2, 0.25) is 15.9 Å². The molecule has 2 heterocycles. The van der Waals surface area contributed by atoms with Crippen LogP contribution in [0.3, 0.4) is 0 Å². The topological polar surface area (TPSA) is 87.2 Å². The van der Waals surface area contributed by atoms with Gasteiger partial charge in [-0.1, -0.05) is 23.2 Å². The summed E-state index contributed by atoms with van der Waals surface area (Å²) in [6.07, 6.45) is 0.820. The van der Waals surface area contributed by atoms with Gasteiger partial charge in [0.15, 0.2) is 0 Å². The summed E-state index contributed by atoms with van der Waals surface area (Å²) < 4.78 is 32.5. The molecule has 2 fully saturated rings. The Morgan fingerprint density at radius 1 is 1.10 bits per heavy atom. The van der Waals surface area contributed by atoms with E-state index >= 15 is 0 Å². The van der Waals surface area contributed by atoms with Crippen molar-refractivity contribution in [1.29, 1.82) is 0 Å². The minimum absolute atomic E-state index is 0.0483. The second kappa shape index (κ2) is 9.72. The number of ether oxygens (including phenoxy) is 1. The fourth-order valence-electron chi connectivity index (χ4n) is 3.76. The number of hydrogen-bond donors (Lipinski definition) is 0. The van der Waals surface area contributed by atoms with E-state index in [-0.39, 0.29) is 33.5 Å². The lowest BCUT2D eigenvalue weighted by atomic mass is 9.98. The molecule has 1 aromatic carbocycles. The fraction of sp³-hybridized carbons (Fsp3) is 0.579. The van der Waals surface area contributed by atoms with Crippen LogP contribution in [0, 0.1) is 5.92 Å². The summed E-state index contributed by atoms with van der Waals surface area (Å²) in [5.41, 5.74) is 0. The molecule has 3 rings (SSSR count). The summed E-state index contributed by atoms with van der Waals surface area (Å²) >= 11 is 12.1. The third-order valence-electron chi connectivity index (χ3n) is 5.36. The van der Waals surface area contributed by atoms with E-state index in [1.54, 1.807) is 16.7 Å². The molecule has 166 valence electrons. The third kappa shape index (κ3) is 5.01. The Morgan fingerprint density at radius 3 is 2.43 bits per heavy atom. The molecule has 0 N–H and O–H groups in total. The van der Waals surface area contributed by atoms with Gasteiger partial charge in [-0.2, -0.15) is 4.31 Å². The van der Waals surface area contributed by atoms with Crippen molar-refractivity contribution in [1.82, 2.24) is 14.1 Å². The van der Waals surface area contributed by atoms with Crippen LogP contribution < -0.4 is 0 Å². The number of rotatable bonds is 4. The monoisotopic (exact) mass is 477 g/mol. The van der Waals surface area contributed by atoms with E-state index in [0.29, 0.717) is 52.2 Å². The second-order valence-electron chi connectivity index (χ2n) is 7.29. The first-order valence-corrected chi connectivity index (χ1v) is 12.1. The van der Waals surface area contributed by atoms with Crippen LogP contribution in [0.4, 0.5) is 4.79 Å². The standard InChI is InChI=1S/C19H25Cl2N3O5S/c1-2-29-19(26)23-10-8-22(9-11-23)18(25)14-4-3-7-24(13-14)30(27,28)17-12-15(20)5-6-16(17)21/h5-6,12,14H,2-4,7-11,13H2,1H3/t14-/m0/s1. The molecule has 0 bridgehead atoms. The van der Waals surface area contributed by atoms with Gasteiger partial charge < -0.3 is 14.5 Å². The summed E-state index contributed by atoms with van der Waals surface area (Å²) in [4.78, 5) is 28.1. The van der Waals surface area contributed by atoms with Crippen molar-refractivity contribution < 1.29 is 22.7 Å². The molecular weight excluding hydrogens is 453 g/mol. The number of carbonyl (C=O) groups excluding carboxylic acids is 2. The molecule has 0 saturated carbocycles. The zero-order chi connectivity index (χ0) is 21.9. The summed E-state index contributed by atoms with van der Waals surface area (Å²) in [6.45, 7) is 4.09. The van der Waals surface area contributed by atoms with E-state index in [4.69, 9.17) is 27.9 Å². The van der Waals surface area contributed by atoms with Gasteiger partial charge in [0, 0.05) is 44.3 Å². The van der Waals surface area contributed by atoms with Crippen LogP contribution in [-0.4, -0.2) is 80.4 Å². The number of nitrogens with zero attached hydrogens (tertiary/aromatic N) is 3. The Hall–Kier alpha value is -1.55. The normalized spacial score (nSPS) is 20.8. The van der Waals surface area contributed by atoms with Gasteiger partial charge in [-0.25, -0.2) is 13.2 Å². The Morgan fingerprint density at radius 2 is 1.77 bits per heavy atom. The largest absolute Gasteiger partial charge is 0.450 e. The van der Waals surface area contributed by atoms with E-state index in [1.807, 2.05) is 0 Å². The zero-order valence-electron chi connectivity index (χ0n) is 16.7. The number of hydrogen-bond acceptors (Lipinski definition) is 5. The number of halogens is 2. The third-order valence-corrected chi connectivity index (χ3v) is 7.94. The number of benzene rings is 1. The molecule has 2 saturated heterocycles. The smallest absolute Gasteiger partial charge is 0.409 e. The first kappa shape index (κ1) is 23.1. The van der Waals surface area contributed by atoms with Crippen LogP contribution in [0.1, 0.15) is 19.8 Å². The molecule has 0 spiro atoms. The van der Waals surface area contributed by atoms with Crippen molar-refractivity contribution in [3.05, 3.63) is 28.2 Å². The second-order valence-corrected chi connectivity index (χ2v) is 10.0. The van der Waals surface area contributed by atoms with Crippen LogP contribution in [0.5, 0.6) is 0 Å². The predicted octanol–water partition coefficient (Wildman–Crippen LogP) is 2.69. The number of piperazine rings is 1. The molecule has 8 nitrogen and oxygen atoms in total. The summed E-state index contributed by atoms with van der Waals surface area (Å²) in [5, 5.41) is 0.380. The van der Waals surface area contributed by atoms with E-state index in [1.165, 1.54) is 22.5 Å². The summed E-state index contributed by atoms with van der Waals surface area (Å²) in [7, 11) is -3.86. The van der Waals surface area contributed by atoms with E-state index in [2.05, 4.69) is 0 Å². The first-order valence-electron chi connectivity index (χ1n) is 9.89. The van der Waals surface area contributed by atoms with Gasteiger partial charge in [-0.15, -0.1) is 0 Å².